The highest BCUT2D eigenvalue weighted by Gasteiger charge is 2.52. The van der Waals surface area contributed by atoms with Crippen LogP contribution in [0.5, 0.6) is 0 Å². The maximum absolute atomic E-state index is 13.6. The molecule has 0 aromatic heterocycles. The second-order valence-electron chi connectivity index (χ2n) is 8.03. The van der Waals surface area contributed by atoms with Crippen molar-refractivity contribution in [3.05, 3.63) is 70.7 Å². The average Bonchev–Trinajstić information content (AvgIpc) is 2.98. The van der Waals surface area contributed by atoms with E-state index in [0.29, 0.717) is 35.1 Å². The van der Waals surface area contributed by atoms with Crippen LogP contribution in [0, 0.1) is 5.92 Å². The van der Waals surface area contributed by atoms with Gasteiger partial charge >= 0.3 is 0 Å². The average molecular weight is 410 g/mol. The van der Waals surface area contributed by atoms with Gasteiger partial charge in [0.05, 0.1) is 0 Å². The number of carbonyl (C=O) groups excluding carboxylic acids is 2. The largest absolute Gasteiger partial charge is 0.368 e. The number of halogens is 1. The van der Waals surface area contributed by atoms with E-state index in [9.17, 15) is 9.59 Å². The summed E-state index contributed by atoms with van der Waals surface area (Å²) in [6.07, 6.45) is 3.30. The summed E-state index contributed by atoms with van der Waals surface area (Å²) in [5, 5.41) is 0.496. The lowest BCUT2D eigenvalue weighted by atomic mass is 9.81. The molecule has 0 radical (unpaired) electrons. The Morgan fingerprint density at radius 2 is 1.86 bits per heavy atom. The fourth-order valence-corrected chi connectivity index (χ4v) is 4.65. The number of amides is 2. The fraction of sp³-hybridized carbons (Fsp3) is 0.348. The van der Waals surface area contributed by atoms with Gasteiger partial charge in [-0.1, -0.05) is 61.0 Å². The molecule has 150 valence electrons. The van der Waals surface area contributed by atoms with E-state index in [1.54, 1.807) is 29.2 Å². The molecule has 2 aromatic rings. The van der Waals surface area contributed by atoms with Crippen molar-refractivity contribution in [3.8, 4) is 0 Å². The molecule has 4 rings (SSSR count). The zero-order valence-electron chi connectivity index (χ0n) is 16.3. The van der Waals surface area contributed by atoms with E-state index in [1.165, 1.54) is 0 Å². The minimum atomic E-state index is -0.917. The number of hydrogen-bond donors (Lipinski definition) is 1. The van der Waals surface area contributed by atoms with Crippen LogP contribution in [0.3, 0.4) is 0 Å². The molecule has 1 atom stereocenters. The minimum Gasteiger partial charge on any atom is -0.368 e. The van der Waals surface area contributed by atoms with Gasteiger partial charge in [0, 0.05) is 10.6 Å². The molecular weight excluding hydrogens is 386 g/mol. The summed E-state index contributed by atoms with van der Waals surface area (Å²) in [6.45, 7) is 2.21. The molecule has 5 nitrogen and oxygen atoms in total. The van der Waals surface area contributed by atoms with E-state index in [0.717, 1.165) is 18.4 Å². The molecule has 1 saturated carbocycles. The summed E-state index contributed by atoms with van der Waals surface area (Å²) in [7, 11) is 0. The second kappa shape index (κ2) is 7.64. The summed E-state index contributed by atoms with van der Waals surface area (Å²) in [6, 6.07) is 15.5. The smallest absolute Gasteiger partial charge is 0.275 e. The number of rotatable bonds is 4. The van der Waals surface area contributed by atoms with E-state index in [2.05, 4.69) is 6.92 Å². The molecule has 1 aliphatic heterocycles. The number of nitrogens with two attached hydrogens (primary N) is 1. The third kappa shape index (κ3) is 3.55. The molecular formula is C23H24ClN3O2. The predicted octanol–water partition coefficient (Wildman–Crippen LogP) is 4.10. The molecule has 2 aromatic carbocycles. The summed E-state index contributed by atoms with van der Waals surface area (Å²) >= 11 is 6.17. The predicted molar refractivity (Wildman–Crippen MR) is 114 cm³/mol. The van der Waals surface area contributed by atoms with Gasteiger partial charge in [0.15, 0.2) is 0 Å². The van der Waals surface area contributed by atoms with E-state index >= 15 is 0 Å². The summed E-state index contributed by atoms with van der Waals surface area (Å²) < 4.78 is 0. The Morgan fingerprint density at radius 1 is 1.17 bits per heavy atom. The van der Waals surface area contributed by atoms with E-state index in [-0.39, 0.29) is 5.91 Å². The van der Waals surface area contributed by atoms with Gasteiger partial charge in [0.2, 0.25) is 5.91 Å². The molecule has 0 bridgehead atoms. The van der Waals surface area contributed by atoms with Crippen LogP contribution in [-0.4, -0.2) is 28.1 Å². The number of hydrogen-bond acceptors (Lipinski definition) is 3. The van der Waals surface area contributed by atoms with Crippen LogP contribution < -0.4 is 5.73 Å². The third-order valence-electron chi connectivity index (χ3n) is 6.00. The quantitative estimate of drug-likeness (QED) is 0.825. The van der Waals surface area contributed by atoms with Gasteiger partial charge in [-0.2, -0.15) is 0 Å². The lowest BCUT2D eigenvalue weighted by Gasteiger charge is -2.43. The van der Waals surface area contributed by atoms with Crippen LogP contribution in [0.1, 0.15) is 49.8 Å². The van der Waals surface area contributed by atoms with Crippen molar-refractivity contribution in [2.75, 3.05) is 0 Å². The van der Waals surface area contributed by atoms with Crippen molar-refractivity contribution < 1.29 is 9.59 Å². The first kappa shape index (κ1) is 19.6. The minimum absolute atomic E-state index is 0.255. The summed E-state index contributed by atoms with van der Waals surface area (Å²) in [5.74, 6) is -0.274. The van der Waals surface area contributed by atoms with Gasteiger partial charge < -0.3 is 5.73 Å². The van der Waals surface area contributed by atoms with Crippen molar-refractivity contribution in [2.24, 2.45) is 16.6 Å². The number of benzene rings is 2. The number of primary amides is 1. The number of carbonyl (C=O) groups is 2. The lowest BCUT2D eigenvalue weighted by molar-refractivity contribution is -0.141. The molecule has 2 amide bonds. The molecule has 1 heterocycles. The third-order valence-corrected chi connectivity index (χ3v) is 6.24. The zero-order chi connectivity index (χ0) is 20.6. The molecule has 2 N–H and O–H groups in total. The Labute approximate surface area is 175 Å². The molecule has 6 heteroatoms. The Morgan fingerprint density at radius 3 is 2.48 bits per heavy atom. The van der Waals surface area contributed by atoms with Crippen LogP contribution in [0.2, 0.25) is 5.02 Å². The summed E-state index contributed by atoms with van der Waals surface area (Å²) in [4.78, 5) is 32.8. The van der Waals surface area contributed by atoms with Crippen LogP contribution >= 0.6 is 11.6 Å². The van der Waals surface area contributed by atoms with Crippen LogP contribution in [0.4, 0.5) is 0 Å². The SMILES string of the molecule is CC1CCC2(CC1)N=C(c1ccccc1)C(=O)N2C(C(N)=O)c1cccc(Cl)c1. The Bertz CT molecular complexity index is 965. The monoisotopic (exact) mass is 409 g/mol. The van der Waals surface area contributed by atoms with Gasteiger partial charge in [-0.3, -0.25) is 19.5 Å². The normalized spacial score (nSPS) is 25.2. The molecule has 1 fully saturated rings. The highest BCUT2D eigenvalue weighted by molar-refractivity contribution is 6.47. The number of aliphatic imine (C=N–C) groups is 1. The van der Waals surface area contributed by atoms with Crippen LogP contribution in [0.15, 0.2) is 59.6 Å². The zero-order valence-corrected chi connectivity index (χ0v) is 17.1. The van der Waals surface area contributed by atoms with Crippen molar-refractivity contribution in [1.82, 2.24) is 4.90 Å². The molecule has 1 unspecified atom stereocenters. The highest BCUT2D eigenvalue weighted by Crippen LogP contribution is 2.45. The molecule has 2 aliphatic rings. The van der Waals surface area contributed by atoms with E-state index in [4.69, 9.17) is 22.3 Å². The van der Waals surface area contributed by atoms with Gasteiger partial charge in [-0.15, -0.1) is 0 Å². The summed E-state index contributed by atoms with van der Waals surface area (Å²) in [5.41, 5.74) is 6.85. The maximum atomic E-state index is 13.6. The number of nitrogens with zero attached hydrogens (tertiary/aromatic N) is 2. The van der Waals surface area contributed by atoms with Gasteiger partial charge in [-0.05, 0) is 49.3 Å². The Balaban J connectivity index is 1.83. The van der Waals surface area contributed by atoms with Crippen molar-refractivity contribution in [3.63, 3.8) is 0 Å². The molecule has 1 aliphatic carbocycles. The standard InChI is InChI=1S/C23H24ClN3O2/c1-15-10-12-23(13-11-15)26-19(16-6-3-2-4-7-16)22(29)27(23)20(21(25)28)17-8-5-9-18(24)14-17/h2-9,14-15,20H,10-13H2,1H3,(H2,25,28). The van der Waals surface area contributed by atoms with Crippen molar-refractivity contribution in [1.29, 1.82) is 0 Å². The van der Waals surface area contributed by atoms with Crippen molar-refractivity contribution >= 4 is 29.1 Å². The van der Waals surface area contributed by atoms with Gasteiger partial charge in [-0.25, -0.2) is 0 Å². The van der Waals surface area contributed by atoms with E-state index < -0.39 is 17.6 Å². The first-order valence-corrected chi connectivity index (χ1v) is 10.3. The topological polar surface area (TPSA) is 75.8 Å². The first-order valence-electron chi connectivity index (χ1n) is 9.95. The van der Waals surface area contributed by atoms with E-state index in [1.807, 2.05) is 30.3 Å². The fourth-order valence-electron chi connectivity index (χ4n) is 4.45. The lowest BCUT2D eigenvalue weighted by Crippen LogP contribution is -2.53. The molecule has 0 saturated heterocycles. The molecule has 1 spiro atoms. The Hall–Kier alpha value is -2.66. The Kier molecular flexibility index (Phi) is 5.17. The second-order valence-corrected chi connectivity index (χ2v) is 8.46. The van der Waals surface area contributed by atoms with Gasteiger partial charge in [0.25, 0.3) is 5.91 Å². The molecule has 29 heavy (non-hydrogen) atoms. The van der Waals surface area contributed by atoms with Gasteiger partial charge in [0.1, 0.15) is 17.4 Å². The highest BCUT2D eigenvalue weighted by atomic mass is 35.5. The first-order chi connectivity index (χ1) is 13.9. The van der Waals surface area contributed by atoms with Crippen molar-refractivity contribution in [2.45, 2.75) is 44.3 Å². The maximum Gasteiger partial charge on any atom is 0.275 e. The van der Waals surface area contributed by atoms with Crippen LogP contribution in [-0.2, 0) is 9.59 Å². The van der Waals surface area contributed by atoms with Crippen LogP contribution in [0.25, 0.3) is 0 Å².